The highest BCUT2D eigenvalue weighted by Crippen LogP contribution is 2.25. The van der Waals surface area contributed by atoms with Crippen molar-refractivity contribution in [3.8, 4) is 5.75 Å². The first-order valence-corrected chi connectivity index (χ1v) is 8.25. The van der Waals surface area contributed by atoms with Gasteiger partial charge < -0.3 is 14.8 Å². The highest BCUT2D eigenvalue weighted by atomic mass is 19.4. The molecule has 2 rings (SSSR count). The molecule has 1 atom stereocenters. The van der Waals surface area contributed by atoms with E-state index >= 15 is 0 Å². The molecule has 0 saturated carbocycles. The lowest BCUT2D eigenvalue weighted by atomic mass is 10.0. The van der Waals surface area contributed by atoms with Gasteiger partial charge in [0, 0.05) is 6.42 Å². The van der Waals surface area contributed by atoms with Crippen molar-refractivity contribution < 1.29 is 32.2 Å². The van der Waals surface area contributed by atoms with Crippen LogP contribution in [0.2, 0.25) is 0 Å². The van der Waals surface area contributed by atoms with Gasteiger partial charge in [-0.05, 0) is 29.3 Å². The van der Waals surface area contributed by atoms with Crippen LogP contribution in [0.25, 0.3) is 0 Å². The zero-order chi connectivity index (χ0) is 20.6. The van der Waals surface area contributed by atoms with Gasteiger partial charge in [-0.1, -0.05) is 49.0 Å². The molecule has 0 saturated heterocycles. The molecule has 1 unspecified atom stereocenters. The molecule has 0 aromatic heterocycles. The monoisotopic (exact) mass is 393 g/mol. The number of nitrogens with one attached hydrogen (secondary N) is 1. The number of allylic oxidation sites excluding steroid dienone is 1. The van der Waals surface area contributed by atoms with Crippen molar-refractivity contribution in [3.63, 3.8) is 0 Å². The van der Waals surface area contributed by atoms with Gasteiger partial charge in [-0.15, -0.1) is 13.2 Å². The largest absolute Gasteiger partial charge is 0.573 e. The normalized spacial score (nSPS) is 12.0. The lowest BCUT2D eigenvalue weighted by Gasteiger charge is -2.18. The van der Waals surface area contributed by atoms with E-state index in [9.17, 15) is 22.8 Å². The summed E-state index contributed by atoms with van der Waals surface area (Å²) in [5, 5.41) is 2.54. The Balaban J connectivity index is 2.05. The van der Waals surface area contributed by atoms with E-state index in [0.29, 0.717) is 5.56 Å². The van der Waals surface area contributed by atoms with Crippen LogP contribution >= 0.6 is 0 Å². The van der Waals surface area contributed by atoms with Crippen LogP contribution in [0.1, 0.15) is 23.6 Å². The van der Waals surface area contributed by atoms with E-state index in [-0.39, 0.29) is 18.8 Å². The van der Waals surface area contributed by atoms with Gasteiger partial charge in [0.2, 0.25) is 0 Å². The molecule has 2 aromatic carbocycles. The molecule has 1 N–H and O–H groups in total. The van der Waals surface area contributed by atoms with Gasteiger partial charge in [-0.2, -0.15) is 0 Å². The smallest absolute Gasteiger partial charge is 0.445 e. The fourth-order valence-electron chi connectivity index (χ4n) is 2.35. The molecule has 2 aromatic rings. The fraction of sp³-hybridized carbons (Fsp3) is 0.200. The van der Waals surface area contributed by atoms with Crippen LogP contribution in [-0.4, -0.2) is 18.2 Å². The number of ketones is 1. The molecule has 0 spiro atoms. The number of alkyl halides is 3. The molecular formula is C20H18F3NO4. The van der Waals surface area contributed by atoms with Gasteiger partial charge in [-0.3, -0.25) is 4.79 Å². The highest BCUT2D eigenvalue weighted by Gasteiger charge is 2.31. The summed E-state index contributed by atoms with van der Waals surface area (Å²) in [6, 6.07) is 13.1. The first kappa shape index (κ1) is 21.0. The average Bonchev–Trinajstić information content (AvgIpc) is 2.66. The summed E-state index contributed by atoms with van der Waals surface area (Å²) in [5.41, 5.74) is 1.20. The van der Waals surface area contributed by atoms with E-state index in [1.807, 2.05) is 6.07 Å². The quantitative estimate of drug-likeness (QED) is 0.661. The van der Waals surface area contributed by atoms with Crippen LogP contribution in [0.3, 0.4) is 0 Å². The van der Waals surface area contributed by atoms with Crippen LogP contribution in [0.5, 0.6) is 5.75 Å². The van der Waals surface area contributed by atoms with E-state index < -0.39 is 24.2 Å². The predicted octanol–water partition coefficient (Wildman–Crippen LogP) is 4.70. The van der Waals surface area contributed by atoms with E-state index in [2.05, 4.69) is 16.6 Å². The molecule has 8 heteroatoms. The van der Waals surface area contributed by atoms with E-state index in [1.165, 1.54) is 12.1 Å². The minimum Gasteiger partial charge on any atom is -0.445 e. The fourth-order valence-corrected chi connectivity index (χ4v) is 2.35. The number of hydrogen-bond donors (Lipinski definition) is 1. The number of carbonyl (C=O) groups is 2. The maximum atomic E-state index is 12.3. The van der Waals surface area contributed by atoms with Crippen molar-refractivity contribution in [2.45, 2.75) is 25.4 Å². The Bertz CT molecular complexity index is 804. The number of ether oxygens (including phenoxy) is 2. The average molecular weight is 393 g/mol. The second-order valence-electron chi connectivity index (χ2n) is 5.75. The second-order valence-corrected chi connectivity index (χ2v) is 5.75. The summed E-state index contributed by atoms with van der Waals surface area (Å²) in [5.74, 6) is -0.749. The molecule has 0 aliphatic rings. The first-order valence-electron chi connectivity index (χ1n) is 8.25. The molecule has 0 radical (unpaired) electrons. The summed E-state index contributed by atoms with van der Waals surface area (Å²) in [7, 11) is 0. The zero-order valence-corrected chi connectivity index (χ0v) is 14.7. The number of hydrogen-bond acceptors (Lipinski definition) is 4. The molecular weight excluding hydrogens is 375 g/mol. The number of carbonyl (C=O) groups excluding carboxylic acids is 2. The summed E-state index contributed by atoms with van der Waals surface area (Å²) in [6.45, 7) is 3.41. The molecule has 0 fully saturated rings. The van der Waals surface area contributed by atoms with Gasteiger partial charge >= 0.3 is 12.5 Å². The topological polar surface area (TPSA) is 64.6 Å². The third kappa shape index (κ3) is 7.14. The molecule has 0 aliphatic heterocycles. The number of halogens is 3. The van der Waals surface area contributed by atoms with Gasteiger partial charge in [0.05, 0.1) is 6.04 Å². The Hall–Kier alpha value is -3.29. The first-order chi connectivity index (χ1) is 13.3. The second kappa shape index (κ2) is 9.59. The van der Waals surface area contributed by atoms with E-state index in [4.69, 9.17) is 4.74 Å². The predicted molar refractivity (Wildman–Crippen MR) is 95.4 cm³/mol. The maximum absolute atomic E-state index is 12.3. The van der Waals surface area contributed by atoms with Crippen LogP contribution in [-0.2, 0) is 16.1 Å². The van der Waals surface area contributed by atoms with Crippen molar-refractivity contribution in [2.75, 3.05) is 0 Å². The molecule has 5 nitrogen and oxygen atoms in total. The standard InChI is InChI=1S/C20H18F3NO4/c1-2-16(25)12-18(15-8-10-17(11-9-15)28-20(21,22)23)24-19(26)27-13-14-6-4-3-5-7-14/h2-11,18H,1,12-13H2,(H,24,26). The minimum absolute atomic E-state index is 0.0349. The number of amides is 1. The Morgan fingerprint density at radius 2 is 1.71 bits per heavy atom. The van der Waals surface area contributed by atoms with E-state index in [0.717, 1.165) is 23.8 Å². The van der Waals surface area contributed by atoms with Gasteiger partial charge in [0.25, 0.3) is 0 Å². The van der Waals surface area contributed by atoms with Crippen LogP contribution < -0.4 is 10.1 Å². The van der Waals surface area contributed by atoms with Crippen molar-refractivity contribution in [3.05, 3.63) is 78.4 Å². The molecule has 0 aliphatic carbocycles. The van der Waals surface area contributed by atoms with Crippen molar-refractivity contribution in [1.82, 2.24) is 5.32 Å². The van der Waals surface area contributed by atoms with Gasteiger partial charge in [0.1, 0.15) is 12.4 Å². The minimum atomic E-state index is -4.81. The summed E-state index contributed by atoms with van der Waals surface area (Å²) in [6.07, 6.45) is -4.59. The van der Waals surface area contributed by atoms with Crippen LogP contribution in [0, 0.1) is 0 Å². The Kier molecular flexibility index (Phi) is 7.20. The molecule has 0 bridgehead atoms. The lowest BCUT2D eigenvalue weighted by Crippen LogP contribution is -2.30. The maximum Gasteiger partial charge on any atom is 0.573 e. The lowest BCUT2D eigenvalue weighted by molar-refractivity contribution is -0.274. The SMILES string of the molecule is C=CC(=O)CC(NC(=O)OCc1ccccc1)c1ccc(OC(F)(F)F)cc1. The summed E-state index contributed by atoms with van der Waals surface area (Å²) < 4.78 is 45.7. The Labute approximate surface area is 159 Å². The molecule has 148 valence electrons. The molecule has 28 heavy (non-hydrogen) atoms. The van der Waals surface area contributed by atoms with Crippen molar-refractivity contribution in [2.24, 2.45) is 0 Å². The van der Waals surface area contributed by atoms with E-state index in [1.54, 1.807) is 24.3 Å². The number of benzene rings is 2. The number of rotatable bonds is 8. The third-order valence-corrected chi connectivity index (χ3v) is 3.65. The third-order valence-electron chi connectivity index (χ3n) is 3.65. The zero-order valence-electron chi connectivity index (χ0n) is 14.7. The summed E-state index contributed by atoms with van der Waals surface area (Å²) in [4.78, 5) is 23.8. The van der Waals surface area contributed by atoms with Crippen molar-refractivity contribution >= 4 is 11.9 Å². The van der Waals surface area contributed by atoms with Crippen molar-refractivity contribution in [1.29, 1.82) is 0 Å². The number of alkyl carbamates (subject to hydrolysis) is 1. The van der Waals surface area contributed by atoms with Crippen LogP contribution in [0.15, 0.2) is 67.3 Å². The summed E-state index contributed by atoms with van der Waals surface area (Å²) >= 11 is 0. The molecule has 1 amide bonds. The van der Waals surface area contributed by atoms with Crippen LogP contribution in [0.4, 0.5) is 18.0 Å². The highest BCUT2D eigenvalue weighted by molar-refractivity contribution is 5.90. The Morgan fingerprint density at radius 1 is 1.07 bits per heavy atom. The Morgan fingerprint density at radius 3 is 2.29 bits per heavy atom. The van der Waals surface area contributed by atoms with Gasteiger partial charge in [0.15, 0.2) is 5.78 Å². The molecule has 0 heterocycles. The van der Waals surface area contributed by atoms with Gasteiger partial charge in [-0.25, -0.2) is 4.79 Å².